The molecule has 1 aromatic rings. The van der Waals surface area contributed by atoms with E-state index >= 15 is 0 Å². The van der Waals surface area contributed by atoms with Crippen molar-refractivity contribution in [3.8, 4) is 5.75 Å². The number of carbonyl (C=O) groups is 1. The largest absolute Gasteiger partial charge is 0.413 e. The summed E-state index contributed by atoms with van der Waals surface area (Å²) in [5.74, 6) is 0.501. The zero-order valence-corrected chi connectivity index (χ0v) is 8.70. The van der Waals surface area contributed by atoms with Crippen molar-refractivity contribution in [1.82, 2.24) is 5.32 Å². The molecule has 1 amide bonds. The second-order valence-corrected chi connectivity index (χ2v) is 4.79. The summed E-state index contributed by atoms with van der Waals surface area (Å²) in [6, 6.07) is 8.84. The fourth-order valence-electron chi connectivity index (χ4n) is 2.63. The molecule has 84 valence electrons. The van der Waals surface area contributed by atoms with Gasteiger partial charge in [-0.25, -0.2) is 9.18 Å². The third-order valence-electron chi connectivity index (χ3n) is 3.29. The Bertz CT molecular complexity index is 412. The van der Waals surface area contributed by atoms with Gasteiger partial charge in [0.25, 0.3) is 0 Å². The Morgan fingerprint density at radius 1 is 1.25 bits per heavy atom. The van der Waals surface area contributed by atoms with Crippen LogP contribution in [0.2, 0.25) is 0 Å². The molecule has 2 bridgehead atoms. The summed E-state index contributed by atoms with van der Waals surface area (Å²) < 4.78 is 18.3. The molecule has 0 unspecified atom stereocenters. The highest BCUT2D eigenvalue weighted by Gasteiger charge is 2.70. The first-order valence-electron chi connectivity index (χ1n) is 5.33. The highest BCUT2D eigenvalue weighted by molar-refractivity contribution is 5.72. The van der Waals surface area contributed by atoms with Crippen LogP contribution in [0.15, 0.2) is 30.3 Å². The normalized spacial score (nSPS) is 34.6. The number of alkyl halides is 1. The molecule has 3 aliphatic rings. The second kappa shape index (κ2) is 2.97. The highest BCUT2D eigenvalue weighted by atomic mass is 19.1. The van der Waals surface area contributed by atoms with E-state index in [1.54, 1.807) is 24.3 Å². The van der Waals surface area contributed by atoms with Crippen molar-refractivity contribution in [2.45, 2.75) is 30.5 Å². The Labute approximate surface area is 92.6 Å². The first kappa shape index (κ1) is 9.63. The fraction of sp³-hybridized carbons (Fsp3) is 0.417. The smallest absolute Gasteiger partial charge is 0.410 e. The van der Waals surface area contributed by atoms with Crippen molar-refractivity contribution < 1.29 is 13.9 Å². The van der Waals surface area contributed by atoms with Gasteiger partial charge in [0.15, 0.2) is 0 Å². The summed E-state index contributed by atoms with van der Waals surface area (Å²) in [6.07, 6.45) is 0.811. The van der Waals surface area contributed by atoms with Gasteiger partial charge in [0.05, 0.1) is 5.54 Å². The molecular weight excluding hydrogens is 209 g/mol. The van der Waals surface area contributed by atoms with Gasteiger partial charge >= 0.3 is 6.09 Å². The SMILES string of the molecule is O=C(NC12CC(F)(C1)C2)Oc1ccccc1. The van der Waals surface area contributed by atoms with Gasteiger partial charge in [0.2, 0.25) is 0 Å². The average Bonchev–Trinajstić information content (AvgIpc) is 2.15. The van der Waals surface area contributed by atoms with E-state index in [2.05, 4.69) is 5.32 Å². The van der Waals surface area contributed by atoms with Crippen molar-refractivity contribution in [1.29, 1.82) is 0 Å². The molecule has 4 heteroatoms. The van der Waals surface area contributed by atoms with Crippen molar-refractivity contribution in [2.75, 3.05) is 0 Å². The zero-order valence-electron chi connectivity index (χ0n) is 8.70. The monoisotopic (exact) mass is 221 g/mol. The lowest BCUT2D eigenvalue weighted by Gasteiger charge is -2.65. The lowest BCUT2D eigenvalue weighted by Crippen LogP contribution is -2.77. The summed E-state index contributed by atoms with van der Waals surface area (Å²) in [6.45, 7) is 0. The number of hydrogen-bond donors (Lipinski definition) is 1. The molecule has 0 radical (unpaired) electrons. The van der Waals surface area contributed by atoms with Crippen LogP contribution in [0.25, 0.3) is 0 Å². The molecule has 1 aromatic carbocycles. The molecule has 3 aliphatic carbocycles. The summed E-state index contributed by atoms with van der Waals surface area (Å²) in [5.41, 5.74) is -1.32. The Balaban J connectivity index is 1.56. The van der Waals surface area contributed by atoms with Crippen molar-refractivity contribution in [3.05, 3.63) is 30.3 Å². The Morgan fingerprint density at radius 3 is 2.44 bits per heavy atom. The number of carbonyl (C=O) groups excluding carboxylic acids is 1. The molecule has 0 spiro atoms. The van der Waals surface area contributed by atoms with Crippen LogP contribution in [0.3, 0.4) is 0 Å². The molecule has 3 fully saturated rings. The molecule has 0 atom stereocenters. The minimum Gasteiger partial charge on any atom is -0.410 e. The maximum atomic E-state index is 13.2. The quantitative estimate of drug-likeness (QED) is 0.832. The molecular formula is C12H12FNO2. The summed E-state index contributed by atoms with van der Waals surface area (Å²) in [4.78, 5) is 11.5. The van der Waals surface area contributed by atoms with Crippen LogP contribution in [0.1, 0.15) is 19.3 Å². The van der Waals surface area contributed by atoms with Gasteiger partial charge in [-0.15, -0.1) is 0 Å². The molecule has 0 saturated heterocycles. The van der Waals surface area contributed by atoms with E-state index in [1.807, 2.05) is 6.07 Å². The van der Waals surface area contributed by atoms with Crippen LogP contribution in [-0.2, 0) is 0 Å². The van der Waals surface area contributed by atoms with E-state index < -0.39 is 11.8 Å². The van der Waals surface area contributed by atoms with E-state index in [0.717, 1.165) is 0 Å². The topological polar surface area (TPSA) is 38.3 Å². The first-order valence-corrected chi connectivity index (χ1v) is 5.33. The van der Waals surface area contributed by atoms with Crippen LogP contribution >= 0.6 is 0 Å². The van der Waals surface area contributed by atoms with Gasteiger partial charge in [0, 0.05) is 19.3 Å². The number of ether oxygens (including phenoxy) is 1. The Hall–Kier alpha value is -1.58. The van der Waals surface area contributed by atoms with Gasteiger partial charge in [-0.1, -0.05) is 18.2 Å². The first-order chi connectivity index (χ1) is 7.59. The number of hydrogen-bond acceptors (Lipinski definition) is 2. The molecule has 16 heavy (non-hydrogen) atoms. The van der Waals surface area contributed by atoms with Crippen LogP contribution in [-0.4, -0.2) is 17.3 Å². The van der Waals surface area contributed by atoms with E-state index in [9.17, 15) is 9.18 Å². The Morgan fingerprint density at radius 2 is 1.88 bits per heavy atom. The van der Waals surface area contributed by atoms with Gasteiger partial charge in [-0.3, -0.25) is 0 Å². The molecule has 4 rings (SSSR count). The maximum Gasteiger partial charge on any atom is 0.413 e. The van der Waals surface area contributed by atoms with E-state index in [0.29, 0.717) is 25.0 Å². The van der Waals surface area contributed by atoms with Crippen molar-refractivity contribution in [3.63, 3.8) is 0 Å². The highest BCUT2D eigenvalue weighted by Crippen LogP contribution is 2.62. The fourth-order valence-corrected chi connectivity index (χ4v) is 2.63. The minimum absolute atomic E-state index is 0.319. The predicted molar refractivity (Wildman–Crippen MR) is 56.0 cm³/mol. The molecule has 3 saturated carbocycles. The number of halogens is 1. The van der Waals surface area contributed by atoms with E-state index in [4.69, 9.17) is 4.74 Å². The summed E-state index contributed by atoms with van der Waals surface area (Å²) in [7, 11) is 0. The number of para-hydroxylation sites is 1. The van der Waals surface area contributed by atoms with Crippen LogP contribution in [0, 0.1) is 0 Å². The predicted octanol–water partition coefficient (Wildman–Crippen LogP) is 2.42. The Kier molecular flexibility index (Phi) is 1.79. The molecule has 0 aromatic heterocycles. The number of nitrogens with one attached hydrogen (secondary N) is 1. The third kappa shape index (κ3) is 1.45. The van der Waals surface area contributed by atoms with Crippen molar-refractivity contribution in [2.24, 2.45) is 0 Å². The zero-order chi connectivity index (χ0) is 11.2. The number of benzene rings is 1. The van der Waals surface area contributed by atoms with Gasteiger partial charge in [0.1, 0.15) is 11.4 Å². The van der Waals surface area contributed by atoms with Gasteiger partial charge < -0.3 is 10.1 Å². The van der Waals surface area contributed by atoms with Crippen LogP contribution in [0.5, 0.6) is 5.75 Å². The second-order valence-electron chi connectivity index (χ2n) is 4.79. The lowest BCUT2D eigenvalue weighted by atomic mass is 9.47. The van der Waals surface area contributed by atoms with Gasteiger partial charge in [-0.2, -0.15) is 0 Å². The molecule has 1 N–H and O–H groups in total. The molecule has 0 aliphatic heterocycles. The third-order valence-corrected chi connectivity index (χ3v) is 3.29. The van der Waals surface area contributed by atoms with Crippen LogP contribution in [0.4, 0.5) is 9.18 Å². The van der Waals surface area contributed by atoms with Crippen LogP contribution < -0.4 is 10.1 Å². The maximum absolute atomic E-state index is 13.2. The number of rotatable bonds is 2. The molecule has 3 nitrogen and oxygen atoms in total. The summed E-state index contributed by atoms with van der Waals surface area (Å²) in [5, 5.41) is 2.73. The average molecular weight is 221 g/mol. The number of amides is 1. The minimum atomic E-state index is -1.000. The molecule has 0 heterocycles. The van der Waals surface area contributed by atoms with Gasteiger partial charge in [-0.05, 0) is 12.1 Å². The summed E-state index contributed by atoms with van der Waals surface area (Å²) >= 11 is 0. The lowest BCUT2D eigenvalue weighted by molar-refractivity contribution is -0.163. The van der Waals surface area contributed by atoms with E-state index in [1.165, 1.54) is 0 Å². The standard InChI is InChI=1S/C12H12FNO2/c13-11-6-12(7-11,8-11)14-10(15)16-9-4-2-1-3-5-9/h1-5H,6-8H2,(H,14,15). The van der Waals surface area contributed by atoms with E-state index in [-0.39, 0.29) is 5.54 Å². The van der Waals surface area contributed by atoms with Crippen molar-refractivity contribution >= 4 is 6.09 Å².